The second-order valence-electron chi connectivity index (χ2n) is 5.81. The van der Waals surface area contributed by atoms with Crippen molar-refractivity contribution in [1.29, 1.82) is 0 Å². The summed E-state index contributed by atoms with van der Waals surface area (Å²) in [5.74, 6) is 1.83. The van der Waals surface area contributed by atoms with Crippen molar-refractivity contribution in [2.45, 2.75) is 55.5 Å². The topological polar surface area (TPSA) is 51.0 Å². The molecule has 1 unspecified atom stereocenters. The Kier molecular flexibility index (Phi) is 4.33. The summed E-state index contributed by atoms with van der Waals surface area (Å²) in [7, 11) is 0. The molecule has 2 fully saturated rings. The van der Waals surface area contributed by atoms with Gasteiger partial charge in [-0.05, 0) is 32.6 Å². The van der Waals surface area contributed by atoms with Crippen LogP contribution < -0.4 is 0 Å². The van der Waals surface area contributed by atoms with Crippen LogP contribution >= 0.6 is 11.8 Å². The fraction of sp³-hybridized carbons (Fsp3) is 0.667. The summed E-state index contributed by atoms with van der Waals surface area (Å²) in [6.45, 7) is 8.29. The minimum absolute atomic E-state index is 0.108. The Morgan fingerprint density at radius 2 is 2.14 bits per heavy atom. The average Bonchev–Trinajstić information content (AvgIpc) is 3.03. The van der Waals surface area contributed by atoms with Gasteiger partial charge >= 0.3 is 0 Å². The number of hydrogen-bond donors (Lipinski definition) is 0. The molecule has 21 heavy (non-hydrogen) atoms. The maximum atomic E-state index is 12.4. The van der Waals surface area contributed by atoms with E-state index < -0.39 is 0 Å². The highest BCUT2D eigenvalue weighted by Gasteiger charge is 2.31. The summed E-state index contributed by atoms with van der Waals surface area (Å²) >= 11 is 1.52. The molecule has 1 aromatic rings. The molecule has 1 amide bonds. The van der Waals surface area contributed by atoms with E-state index in [9.17, 15) is 4.79 Å². The van der Waals surface area contributed by atoms with E-state index in [1.807, 2.05) is 17.9 Å². The van der Waals surface area contributed by atoms with Crippen molar-refractivity contribution in [1.82, 2.24) is 19.7 Å². The standard InChI is InChI=1S/C15H22N4OS/c1-3-8-19-13(12-6-7-12)16-17-15(19)21-11(2)14(20)18-9-4-5-10-18/h3,11-12H,1,4-10H2,2H3. The molecule has 5 nitrogen and oxygen atoms in total. The molecule has 3 rings (SSSR count). The van der Waals surface area contributed by atoms with Crippen molar-refractivity contribution >= 4 is 17.7 Å². The van der Waals surface area contributed by atoms with Crippen LogP contribution in [0.5, 0.6) is 0 Å². The molecule has 1 saturated carbocycles. The van der Waals surface area contributed by atoms with Crippen LogP contribution in [0.15, 0.2) is 17.8 Å². The number of rotatable bonds is 6. The second-order valence-corrected chi connectivity index (χ2v) is 7.11. The Balaban J connectivity index is 1.71. The highest BCUT2D eigenvalue weighted by molar-refractivity contribution is 8.00. The third kappa shape index (κ3) is 3.15. The molecule has 0 N–H and O–H groups in total. The van der Waals surface area contributed by atoms with E-state index in [-0.39, 0.29) is 11.2 Å². The Hall–Kier alpha value is -1.30. The number of carbonyl (C=O) groups excluding carboxylic acids is 1. The van der Waals surface area contributed by atoms with Crippen LogP contribution in [0.3, 0.4) is 0 Å². The molecule has 1 aliphatic heterocycles. The lowest BCUT2D eigenvalue weighted by atomic mass is 10.4. The van der Waals surface area contributed by atoms with Gasteiger partial charge < -0.3 is 9.47 Å². The van der Waals surface area contributed by atoms with Gasteiger partial charge in [0.15, 0.2) is 5.16 Å². The van der Waals surface area contributed by atoms with Crippen LogP contribution in [0.4, 0.5) is 0 Å². The molecule has 1 aliphatic carbocycles. The minimum Gasteiger partial charge on any atom is -0.342 e. The number of hydrogen-bond acceptors (Lipinski definition) is 4. The van der Waals surface area contributed by atoms with Crippen molar-refractivity contribution < 1.29 is 4.79 Å². The molecular weight excluding hydrogens is 284 g/mol. The third-order valence-electron chi connectivity index (χ3n) is 4.05. The normalized spacial score (nSPS) is 19.8. The molecule has 0 aromatic carbocycles. The van der Waals surface area contributed by atoms with E-state index in [1.54, 1.807) is 0 Å². The van der Waals surface area contributed by atoms with Crippen LogP contribution in [-0.2, 0) is 11.3 Å². The Labute approximate surface area is 129 Å². The molecule has 0 bridgehead atoms. The molecule has 1 atom stereocenters. The van der Waals surface area contributed by atoms with Gasteiger partial charge in [0, 0.05) is 25.6 Å². The van der Waals surface area contributed by atoms with Gasteiger partial charge in [-0.1, -0.05) is 17.8 Å². The van der Waals surface area contributed by atoms with Crippen molar-refractivity contribution in [2.75, 3.05) is 13.1 Å². The third-order valence-corrected chi connectivity index (χ3v) is 5.12. The minimum atomic E-state index is -0.108. The highest BCUT2D eigenvalue weighted by Crippen LogP contribution is 2.40. The van der Waals surface area contributed by atoms with Crippen molar-refractivity contribution in [3.8, 4) is 0 Å². The second kappa shape index (κ2) is 6.22. The molecule has 0 spiro atoms. The zero-order valence-corrected chi connectivity index (χ0v) is 13.3. The number of amides is 1. The van der Waals surface area contributed by atoms with Crippen molar-refractivity contribution in [3.05, 3.63) is 18.5 Å². The summed E-state index contributed by atoms with van der Waals surface area (Å²) in [5, 5.41) is 9.36. The number of carbonyl (C=O) groups is 1. The van der Waals surface area contributed by atoms with Gasteiger partial charge in [0.05, 0.1) is 5.25 Å². The fourth-order valence-corrected chi connectivity index (χ4v) is 3.68. The zero-order chi connectivity index (χ0) is 14.8. The molecule has 1 saturated heterocycles. The van der Waals surface area contributed by atoms with Crippen LogP contribution in [-0.4, -0.2) is 43.9 Å². The summed E-state index contributed by atoms with van der Waals surface area (Å²) in [4.78, 5) is 14.4. The molecule has 114 valence electrons. The van der Waals surface area contributed by atoms with Gasteiger partial charge in [0.25, 0.3) is 0 Å². The first-order valence-corrected chi connectivity index (χ1v) is 8.58. The van der Waals surface area contributed by atoms with Gasteiger partial charge in [0.1, 0.15) is 5.82 Å². The van der Waals surface area contributed by atoms with E-state index in [1.165, 1.54) is 24.6 Å². The van der Waals surface area contributed by atoms with Gasteiger partial charge in [-0.15, -0.1) is 16.8 Å². The largest absolute Gasteiger partial charge is 0.342 e. The maximum absolute atomic E-state index is 12.4. The quantitative estimate of drug-likeness (QED) is 0.598. The highest BCUT2D eigenvalue weighted by atomic mass is 32.2. The first kappa shape index (κ1) is 14.6. The lowest BCUT2D eigenvalue weighted by Gasteiger charge is -2.19. The molecule has 2 heterocycles. The van der Waals surface area contributed by atoms with E-state index >= 15 is 0 Å². The number of aromatic nitrogens is 3. The summed E-state index contributed by atoms with van der Waals surface area (Å²) in [6, 6.07) is 0. The van der Waals surface area contributed by atoms with Gasteiger partial charge in [0.2, 0.25) is 5.91 Å². The van der Waals surface area contributed by atoms with Crippen LogP contribution in [0.1, 0.15) is 44.3 Å². The monoisotopic (exact) mass is 306 g/mol. The average molecular weight is 306 g/mol. The van der Waals surface area contributed by atoms with Crippen LogP contribution in [0, 0.1) is 0 Å². The molecule has 1 aromatic heterocycles. The van der Waals surface area contributed by atoms with Crippen molar-refractivity contribution in [2.24, 2.45) is 0 Å². The van der Waals surface area contributed by atoms with E-state index in [0.29, 0.717) is 12.5 Å². The van der Waals surface area contributed by atoms with Gasteiger partial charge in [-0.3, -0.25) is 4.79 Å². The van der Waals surface area contributed by atoms with Crippen LogP contribution in [0.2, 0.25) is 0 Å². The predicted molar refractivity (Wildman–Crippen MR) is 83.3 cm³/mol. The number of allylic oxidation sites excluding steroid dienone is 1. The number of nitrogens with zero attached hydrogens (tertiary/aromatic N) is 4. The fourth-order valence-electron chi connectivity index (χ4n) is 2.73. The Morgan fingerprint density at radius 3 is 2.76 bits per heavy atom. The molecule has 6 heteroatoms. The van der Waals surface area contributed by atoms with Crippen molar-refractivity contribution in [3.63, 3.8) is 0 Å². The first-order valence-electron chi connectivity index (χ1n) is 7.70. The summed E-state index contributed by atoms with van der Waals surface area (Å²) < 4.78 is 2.11. The zero-order valence-electron chi connectivity index (χ0n) is 12.5. The van der Waals surface area contributed by atoms with E-state index in [0.717, 1.165) is 36.9 Å². The summed E-state index contributed by atoms with van der Waals surface area (Å²) in [6.07, 6.45) is 6.51. The maximum Gasteiger partial charge on any atom is 0.235 e. The number of likely N-dealkylation sites (tertiary alicyclic amines) is 1. The number of thioether (sulfide) groups is 1. The van der Waals surface area contributed by atoms with Gasteiger partial charge in [-0.2, -0.15) is 0 Å². The van der Waals surface area contributed by atoms with Crippen LogP contribution in [0.25, 0.3) is 0 Å². The van der Waals surface area contributed by atoms with E-state index in [2.05, 4.69) is 21.3 Å². The molecular formula is C15H22N4OS. The van der Waals surface area contributed by atoms with E-state index in [4.69, 9.17) is 0 Å². The Morgan fingerprint density at radius 1 is 1.43 bits per heavy atom. The first-order chi connectivity index (χ1) is 10.2. The van der Waals surface area contributed by atoms with Gasteiger partial charge in [-0.25, -0.2) is 0 Å². The lowest BCUT2D eigenvalue weighted by molar-refractivity contribution is -0.129. The lowest BCUT2D eigenvalue weighted by Crippen LogP contribution is -2.34. The molecule has 2 aliphatic rings. The Bertz CT molecular complexity index is 532. The SMILES string of the molecule is C=CCn1c(SC(C)C(=O)N2CCCC2)nnc1C1CC1. The smallest absolute Gasteiger partial charge is 0.235 e. The predicted octanol–water partition coefficient (Wildman–Crippen LogP) is 2.44. The molecule has 0 radical (unpaired) electrons. The summed E-state index contributed by atoms with van der Waals surface area (Å²) in [5.41, 5.74) is 0.